The summed E-state index contributed by atoms with van der Waals surface area (Å²) in [5.41, 5.74) is 1.75. The molecule has 2 rings (SSSR count). The summed E-state index contributed by atoms with van der Waals surface area (Å²) in [4.78, 5) is 11.3. The van der Waals surface area contributed by atoms with Crippen LogP contribution in [0, 0.1) is 0 Å². The Morgan fingerprint density at radius 2 is 1.61 bits per heavy atom. The third-order valence-electron chi connectivity index (χ3n) is 3.20. The predicted molar refractivity (Wildman–Crippen MR) is 92.4 cm³/mol. The summed E-state index contributed by atoms with van der Waals surface area (Å²) >= 11 is 1.79. The van der Waals surface area contributed by atoms with Crippen molar-refractivity contribution in [2.45, 2.75) is 5.75 Å². The van der Waals surface area contributed by atoms with E-state index in [1.54, 1.807) is 31.0 Å². The van der Waals surface area contributed by atoms with E-state index < -0.39 is 0 Å². The van der Waals surface area contributed by atoms with Crippen LogP contribution in [0.15, 0.2) is 48.5 Å². The number of ether oxygens (including phenoxy) is 3. The Morgan fingerprint density at radius 1 is 0.957 bits per heavy atom. The highest BCUT2D eigenvalue weighted by Crippen LogP contribution is 2.18. The highest BCUT2D eigenvalue weighted by molar-refractivity contribution is 7.98. The minimum absolute atomic E-state index is 0.308. The number of hydrogen-bond acceptors (Lipinski definition) is 5. The maximum Gasteiger partial charge on any atom is 0.337 e. The number of hydrogen-bond donors (Lipinski definition) is 0. The molecule has 0 fully saturated rings. The van der Waals surface area contributed by atoms with E-state index in [2.05, 4.69) is 4.74 Å². The van der Waals surface area contributed by atoms with Crippen molar-refractivity contribution in [3.8, 4) is 11.5 Å². The van der Waals surface area contributed by atoms with Gasteiger partial charge in [-0.2, -0.15) is 11.8 Å². The average molecular weight is 332 g/mol. The van der Waals surface area contributed by atoms with Crippen molar-refractivity contribution in [1.82, 2.24) is 0 Å². The second-order valence-electron chi connectivity index (χ2n) is 4.77. The summed E-state index contributed by atoms with van der Waals surface area (Å²) in [5, 5.41) is 0. The van der Waals surface area contributed by atoms with Crippen LogP contribution in [0.5, 0.6) is 11.5 Å². The van der Waals surface area contributed by atoms with Gasteiger partial charge in [0.15, 0.2) is 0 Å². The van der Waals surface area contributed by atoms with Crippen molar-refractivity contribution < 1.29 is 19.0 Å². The second-order valence-corrected chi connectivity index (χ2v) is 5.87. The van der Waals surface area contributed by atoms with E-state index in [9.17, 15) is 4.79 Å². The molecule has 0 radical (unpaired) electrons. The standard InChI is InChI=1S/C18H20O4S/c1-20-16-7-9-17(10-8-16)22-11-12-23-13-14-3-5-15(6-4-14)18(19)21-2/h3-10H,11-13H2,1-2H3. The summed E-state index contributed by atoms with van der Waals surface area (Å²) in [6.45, 7) is 0.650. The van der Waals surface area contributed by atoms with Crippen molar-refractivity contribution in [2.24, 2.45) is 0 Å². The molecule has 0 aromatic heterocycles. The van der Waals surface area contributed by atoms with Crippen LogP contribution in [-0.4, -0.2) is 32.5 Å². The number of carbonyl (C=O) groups is 1. The van der Waals surface area contributed by atoms with Crippen LogP contribution in [0.25, 0.3) is 0 Å². The van der Waals surface area contributed by atoms with Crippen molar-refractivity contribution in [3.63, 3.8) is 0 Å². The van der Waals surface area contributed by atoms with E-state index in [4.69, 9.17) is 9.47 Å². The van der Waals surface area contributed by atoms with Crippen molar-refractivity contribution in [1.29, 1.82) is 0 Å². The van der Waals surface area contributed by atoms with E-state index in [1.165, 1.54) is 12.7 Å². The molecule has 0 saturated carbocycles. The summed E-state index contributed by atoms with van der Waals surface area (Å²) in [5.74, 6) is 3.13. The summed E-state index contributed by atoms with van der Waals surface area (Å²) < 4.78 is 15.5. The summed E-state index contributed by atoms with van der Waals surface area (Å²) in [6, 6.07) is 15.0. The van der Waals surface area contributed by atoms with Crippen LogP contribution in [0.4, 0.5) is 0 Å². The van der Waals surface area contributed by atoms with Crippen molar-refractivity contribution in [2.75, 3.05) is 26.6 Å². The lowest BCUT2D eigenvalue weighted by Gasteiger charge is -2.07. The van der Waals surface area contributed by atoms with Gasteiger partial charge in [-0.25, -0.2) is 4.79 Å². The highest BCUT2D eigenvalue weighted by Gasteiger charge is 2.04. The first-order valence-corrected chi connectivity index (χ1v) is 8.40. The van der Waals surface area contributed by atoms with Crippen LogP contribution in [0.3, 0.4) is 0 Å². The van der Waals surface area contributed by atoms with Crippen LogP contribution >= 0.6 is 11.8 Å². The number of carbonyl (C=O) groups excluding carboxylic acids is 1. The van der Waals surface area contributed by atoms with Gasteiger partial charge in [0.1, 0.15) is 11.5 Å². The summed E-state index contributed by atoms with van der Waals surface area (Å²) in [7, 11) is 3.03. The maximum absolute atomic E-state index is 11.3. The third kappa shape index (κ3) is 5.53. The fourth-order valence-corrected chi connectivity index (χ4v) is 2.71. The fourth-order valence-electron chi connectivity index (χ4n) is 1.94. The lowest BCUT2D eigenvalue weighted by Crippen LogP contribution is -2.01. The first kappa shape index (κ1) is 17.2. The van der Waals surface area contributed by atoms with Gasteiger partial charge in [-0.15, -0.1) is 0 Å². The van der Waals surface area contributed by atoms with Gasteiger partial charge in [0, 0.05) is 11.5 Å². The highest BCUT2D eigenvalue weighted by atomic mass is 32.2. The van der Waals surface area contributed by atoms with Crippen LogP contribution < -0.4 is 9.47 Å². The number of benzene rings is 2. The first-order valence-electron chi connectivity index (χ1n) is 7.25. The second kappa shape index (κ2) is 9.10. The number of thioether (sulfide) groups is 1. The molecule has 0 aliphatic rings. The van der Waals surface area contributed by atoms with Gasteiger partial charge in [-0.1, -0.05) is 12.1 Å². The Hall–Kier alpha value is -2.14. The van der Waals surface area contributed by atoms with Crippen LogP contribution in [-0.2, 0) is 10.5 Å². The molecule has 0 saturated heterocycles. The molecule has 5 heteroatoms. The van der Waals surface area contributed by atoms with Gasteiger partial charge < -0.3 is 14.2 Å². The minimum Gasteiger partial charge on any atom is -0.497 e. The monoisotopic (exact) mass is 332 g/mol. The van der Waals surface area contributed by atoms with Gasteiger partial charge in [-0.05, 0) is 42.0 Å². The molecule has 122 valence electrons. The van der Waals surface area contributed by atoms with Gasteiger partial charge in [0.2, 0.25) is 0 Å². The number of esters is 1. The Kier molecular flexibility index (Phi) is 6.81. The topological polar surface area (TPSA) is 44.8 Å². The predicted octanol–water partition coefficient (Wildman–Crippen LogP) is 3.79. The molecule has 0 aliphatic heterocycles. The first-order chi connectivity index (χ1) is 11.2. The number of methoxy groups -OCH3 is 2. The molecule has 0 N–H and O–H groups in total. The van der Waals surface area contributed by atoms with Gasteiger partial charge in [-0.3, -0.25) is 0 Å². The Morgan fingerprint density at radius 3 is 2.22 bits per heavy atom. The minimum atomic E-state index is -0.308. The Bertz CT molecular complexity index is 608. The molecular formula is C18H20O4S. The van der Waals surface area contributed by atoms with Crippen molar-refractivity contribution >= 4 is 17.7 Å². The summed E-state index contributed by atoms with van der Waals surface area (Å²) in [6.07, 6.45) is 0. The quantitative estimate of drug-likeness (QED) is 0.543. The SMILES string of the molecule is COC(=O)c1ccc(CSCCOc2ccc(OC)cc2)cc1. The zero-order valence-corrected chi connectivity index (χ0v) is 14.1. The average Bonchev–Trinajstić information content (AvgIpc) is 2.62. The third-order valence-corrected chi connectivity index (χ3v) is 4.19. The van der Waals surface area contributed by atoms with E-state index in [0.717, 1.165) is 23.0 Å². The zero-order valence-electron chi connectivity index (χ0n) is 13.3. The molecule has 2 aromatic rings. The Balaban J connectivity index is 1.67. The molecule has 23 heavy (non-hydrogen) atoms. The lowest BCUT2D eigenvalue weighted by molar-refractivity contribution is 0.0600. The zero-order chi connectivity index (χ0) is 16.5. The largest absolute Gasteiger partial charge is 0.497 e. The lowest BCUT2D eigenvalue weighted by atomic mass is 10.1. The molecule has 2 aromatic carbocycles. The molecule has 4 nitrogen and oxygen atoms in total. The maximum atomic E-state index is 11.3. The van der Waals surface area contributed by atoms with Gasteiger partial charge in [0.05, 0.1) is 26.4 Å². The van der Waals surface area contributed by atoms with E-state index in [0.29, 0.717) is 12.2 Å². The number of rotatable bonds is 8. The normalized spacial score (nSPS) is 10.2. The molecule has 0 atom stereocenters. The van der Waals surface area contributed by atoms with Crippen molar-refractivity contribution in [3.05, 3.63) is 59.7 Å². The van der Waals surface area contributed by atoms with E-state index in [1.807, 2.05) is 36.4 Å². The van der Waals surface area contributed by atoms with E-state index >= 15 is 0 Å². The van der Waals surface area contributed by atoms with Crippen LogP contribution in [0.2, 0.25) is 0 Å². The molecule has 0 spiro atoms. The van der Waals surface area contributed by atoms with Gasteiger partial charge in [0.25, 0.3) is 0 Å². The molecule has 0 unspecified atom stereocenters. The molecular weight excluding hydrogens is 312 g/mol. The molecule has 0 amide bonds. The fraction of sp³-hybridized carbons (Fsp3) is 0.278. The molecule has 0 bridgehead atoms. The van der Waals surface area contributed by atoms with Gasteiger partial charge >= 0.3 is 5.97 Å². The van der Waals surface area contributed by atoms with Crippen LogP contribution in [0.1, 0.15) is 15.9 Å². The molecule has 0 aliphatic carbocycles. The Labute approximate surface area is 140 Å². The smallest absolute Gasteiger partial charge is 0.337 e. The molecule has 0 heterocycles. The van der Waals surface area contributed by atoms with E-state index in [-0.39, 0.29) is 5.97 Å².